The maximum Gasteiger partial charge on any atom is 0.354 e. The molecule has 1 heterocycles. The molecule has 0 unspecified atom stereocenters. The van der Waals surface area contributed by atoms with Gasteiger partial charge in [-0.2, -0.15) is 0 Å². The van der Waals surface area contributed by atoms with Gasteiger partial charge in [0, 0.05) is 17.2 Å². The van der Waals surface area contributed by atoms with Gasteiger partial charge in [0.25, 0.3) is 0 Å². The van der Waals surface area contributed by atoms with Crippen molar-refractivity contribution < 1.29 is 9.90 Å². The Hall–Kier alpha value is -1.45. The van der Waals surface area contributed by atoms with Crippen LogP contribution in [0.25, 0.3) is 0 Å². The van der Waals surface area contributed by atoms with Gasteiger partial charge in [0.05, 0.1) is 0 Å². The average molecular weight is 208 g/mol. The molecule has 0 saturated heterocycles. The Morgan fingerprint density at radius 3 is 2.60 bits per heavy atom. The van der Waals surface area contributed by atoms with Crippen LogP contribution >= 0.6 is 0 Å². The number of nitrogens with zero attached hydrogens (tertiary/aromatic N) is 2. The third-order valence-electron chi connectivity index (χ3n) is 2.66. The zero-order valence-corrected chi connectivity index (χ0v) is 9.53. The van der Waals surface area contributed by atoms with Crippen molar-refractivity contribution in [3.05, 3.63) is 23.3 Å². The molecule has 0 aliphatic rings. The normalized spacial score (nSPS) is 11.5. The van der Waals surface area contributed by atoms with Gasteiger partial charge in [0.2, 0.25) is 0 Å². The average Bonchev–Trinajstić information content (AvgIpc) is 2.17. The molecule has 82 valence electrons. The van der Waals surface area contributed by atoms with Gasteiger partial charge in [-0.1, -0.05) is 20.8 Å². The summed E-state index contributed by atoms with van der Waals surface area (Å²) >= 11 is 0. The highest BCUT2D eigenvalue weighted by molar-refractivity contribution is 5.86. The Bertz CT molecular complexity index is 386. The van der Waals surface area contributed by atoms with Crippen molar-refractivity contribution >= 4 is 5.97 Å². The minimum absolute atomic E-state index is 0.0986. The molecule has 1 rings (SSSR count). The van der Waals surface area contributed by atoms with Crippen molar-refractivity contribution in [3.8, 4) is 0 Å². The van der Waals surface area contributed by atoms with Crippen LogP contribution < -0.4 is 0 Å². The zero-order chi connectivity index (χ0) is 11.6. The molecule has 0 fully saturated rings. The first-order valence-corrected chi connectivity index (χ1v) is 4.96. The number of aryl methyl sites for hydroxylation is 1. The van der Waals surface area contributed by atoms with Gasteiger partial charge in [0.1, 0.15) is 5.82 Å². The molecule has 0 aliphatic carbocycles. The second-order valence-electron chi connectivity index (χ2n) is 4.27. The fourth-order valence-electron chi connectivity index (χ4n) is 1.14. The lowest BCUT2D eigenvalue weighted by Gasteiger charge is -2.20. The van der Waals surface area contributed by atoms with Crippen molar-refractivity contribution in [1.29, 1.82) is 0 Å². The topological polar surface area (TPSA) is 63.1 Å². The van der Waals surface area contributed by atoms with Crippen molar-refractivity contribution in [3.63, 3.8) is 0 Å². The number of carboxylic acid groups (broad SMARTS) is 1. The minimum Gasteiger partial charge on any atom is -0.477 e. The Morgan fingerprint density at radius 1 is 1.53 bits per heavy atom. The third kappa shape index (κ3) is 2.32. The smallest absolute Gasteiger partial charge is 0.354 e. The Labute approximate surface area is 89.4 Å². The van der Waals surface area contributed by atoms with Crippen molar-refractivity contribution in [2.75, 3.05) is 0 Å². The van der Waals surface area contributed by atoms with Crippen molar-refractivity contribution in [2.24, 2.45) is 0 Å². The van der Waals surface area contributed by atoms with Crippen LogP contribution in [0.4, 0.5) is 0 Å². The van der Waals surface area contributed by atoms with E-state index in [4.69, 9.17) is 5.11 Å². The number of aromatic nitrogens is 2. The van der Waals surface area contributed by atoms with Crippen LogP contribution in [-0.4, -0.2) is 21.0 Å². The lowest BCUT2D eigenvalue weighted by molar-refractivity contribution is 0.0688. The Balaban J connectivity index is 3.25. The van der Waals surface area contributed by atoms with Gasteiger partial charge >= 0.3 is 5.97 Å². The van der Waals surface area contributed by atoms with Crippen LogP contribution in [0.3, 0.4) is 0 Å². The highest BCUT2D eigenvalue weighted by atomic mass is 16.4. The highest BCUT2D eigenvalue weighted by Gasteiger charge is 2.23. The minimum atomic E-state index is -0.997. The number of hydrogen-bond donors (Lipinski definition) is 1. The van der Waals surface area contributed by atoms with E-state index in [1.54, 1.807) is 13.1 Å². The van der Waals surface area contributed by atoms with Crippen LogP contribution in [0, 0.1) is 6.92 Å². The standard InChI is InChI=1S/C11H16N2O2/c1-5-11(3,4)10-12-6-7(2)8(13-10)9(14)15/h6H,5H2,1-4H3,(H,14,15). The van der Waals surface area contributed by atoms with Crippen molar-refractivity contribution in [1.82, 2.24) is 9.97 Å². The molecule has 15 heavy (non-hydrogen) atoms. The lowest BCUT2D eigenvalue weighted by Crippen LogP contribution is -2.21. The number of carbonyl (C=O) groups is 1. The second kappa shape index (κ2) is 3.96. The van der Waals surface area contributed by atoms with Crippen molar-refractivity contribution in [2.45, 2.75) is 39.5 Å². The molecule has 1 aromatic heterocycles. The Morgan fingerprint density at radius 2 is 2.13 bits per heavy atom. The number of rotatable bonds is 3. The van der Waals surface area contributed by atoms with E-state index in [2.05, 4.69) is 9.97 Å². The SMILES string of the molecule is CCC(C)(C)c1ncc(C)c(C(=O)O)n1. The third-order valence-corrected chi connectivity index (χ3v) is 2.66. The molecular formula is C11H16N2O2. The van der Waals surface area contributed by atoms with Gasteiger partial charge in [-0.15, -0.1) is 0 Å². The fraction of sp³-hybridized carbons (Fsp3) is 0.545. The van der Waals surface area contributed by atoms with E-state index in [-0.39, 0.29) is 11.1 Å². The number of aromatic carboxylic acids is 1. The van der Waals surface area contributed by atoms with Crippen LogP contribution in [0.5, 0.6) is 0 Å². The number of hydrogen-bond acceptors (Lipinski definition) is 3. The molecule has 0 bridgehead atoms. The van der Waals surface area contributed by atoms with E-state index in [1.807, 2.05) is 20.8 Å². The van der Waals surface area contributed by atoms with Gasteiger partial charge in [-0.05, 0) is 13.3 Å². The predicted molar refractivity (Wildman–Crippen MR) is 57.0 cm³/mol. The number of carboxylic acids is 1. The molecule has 0 aromatic carbocycles. The van der Waals surface area contributed by atoms with Gasteiger partial charge in [0.15, 0.2) is 5.69 Å². The fourth-order valence-corrected chi connectivity index (χ4v) is 1.14. The maximum atomic E-state index is 10.9. The first-order chi connectivity index (χ1) is 6.88. The molecule has 4 nitrogen and oxygen atoms in total. The molecular weight excluding hydrogens is 192 g/mol. The summed E-state index contributed by atoms with van der Waals surface area (Å²) in [4.78, 5) is 19.2. The van der Waals surface area contributed by atoms with Crippen LogP contribution in [0.2, 0.25) is 0 Å². The monoisotopic (exact) mass is 208 g/mol. The molecule has 0 radical (unpaired) electrons. The van der Waals surface area contributed by atoms with E-state index in [0.29, 0.717) is 11.4 Å². The first-order valence-electron chi connectivity index (χ1n) is 4.96. The molecule has 1 aromatic rings. The van der Waals surface area contributed by atoms with E-state index < -0.39 is 5.97 Å². The Kier molecular flexibility index (Phi) is 3.07. The van der Waals surface area contributed by atoms with E-state index in [1.165, 1.54) is 0 Å². The van der Waals surface area contributed by atoms with E-state index >= 15 is 0 Å². The molecule has 0 spiro atoms. The molecule has 0 aliphatic heterocycles. The summed E-state index contributed by atoms with van der Waals surface area (Å²) < 4.78 is 0. The first kappa shape index (κ1) is 11.6. The summed E-state index contributed by atoms with van der Waals surface area (Å²) in [7, 11) is 0. The maximum absolute atomic E-state index is 10.9. The van der Waals surface area contributed by atoms with E-state index in [0.717, 1.165) is 6.42 Å². The summed E-state index contributed by atoms with van der Waals surface area (Å²) in [6.07, 6.45) is 2.44. The quantitative estimate of drug-likeness (QED) is 0.826. The van der Waals surface area contributed by atoms with Crippen LogP contribution in [0.15, 0.2) is 6.20 Å². The summed E-state index contributed by atoms with van der Waals surface area (Å²) in [5, 5.41) is 8.94. The van der Waals surface area contributed by atoms with Gasteiger partial charge in [-0.3, -0.25) is 0 Å². The molecule has 4 heteroatoms. The summed E-state index contributed by atoms with van der Waals surface area (Å²) in [6, 6.07) is 0. The largest absolute Gasteiger partial charge is 0.477 e. The summed E-state index contributed by atoms with van der Waals surface area (Å²) in [5.41, 5.74) is 0.512. The second-order valence-corrected chi connectivity index (χ2v) is 4.27. The lowest BCUT2D eigenvalue weighted by atomic mass is 9.89. The van der Waals surface area contributed by atoms with Crippen LogP contribution in [0.1, 0.15) is 49.1 Å². The predicted octanol–water partition coefficient (Wildman–Crippen LogP) is 2.17. The van der Waals surface area contributed by atoms with Gasteiger partial charge in [-0.25, -0.2) is 14.8 Å². The van der Waals surface area contributed by atoms with Gasteiger partial charge < -0.3 is 5.11 Å². The molecule has 0 amide bonds. The summed E-state index contributed by atoms with van der Waals surface area (Å²) in [5.74, 6) is -0.406. The molecule has 0 atom stereocenters. The molecule has 0 saturated carbocycles. The summed E-state index contributed by atoms with van der Waals surface area (Å²) in [6.45, 7) is 7.74. The zero-order valence-electron chi connectivity index (χ0n) is 9.53. The molecule has 1 N–H and O–H groups in total. The highest BCUT2D eigenvalue weighted by Crippen LogP contribution is 2.23. The van der Waals surface area contributed by atoms with Crippen LogP contribution in [-0.2, 0) is 5.41 Å². The van der Waals surface area contributed by atoms with E-state index in [9.17, 15) is 4.79 Å².